The van der Waals surface area contributed by atoms with Gasteiger partial charge in [-0.2, -0.15) is 0 Å². The molecule has 0 fully saturated rings. The molecule has 53 heavy (non-hydrogen) atoms. The second-order valence-electron chi connectivity index (χ2n) is 11.8. The normalized spacial score (nSPS) is 15.8. The van der Waals surface area contributed by atoms with Crippen molar-refractivity contribution in [3.05, 3.63) is 100 Å². The van der Waals surface area contributed by atoms with E-state index in [1.807, 2.05) is 0 Å². The maximum Gasteiger partial charge on any atom is 1.00 e. The first-order chi connectivity index (χ1) is 24.5. The summed E-state index contributed by atoms with van der Waals surface area (Å²) in [6.07, 6.45) is -4.37. The Morgan fingerprint density at radius 3 is 1.53 bits per heavy atom. The first-order valence-corrected chi connectivity index (χ1v) is 15.2. The molecule has 0 amide bonds. The predicted molar refractivity (Wildman–Crippen MR) is 170 cm³/mol. The number of esters is 2. The molecule has 0 spiro atoms. The molecule has 0 radical (unpaired) electrons. The van der Waals surface area contributed by atoms with Crippen LogP contribution in [0.15, 0.2) is 72.3 Å². The number of rotatable bonds is 11. The molecule has 5 rings (SSSR count). The van der Waals surface area contributed by atoms with Crippen LogP contribution in [0.25, 0.3) is 6.08 Å². The maximum absolute atomic E-state index is 14.2. The van der Waals surface area contributed by atoms with Crippen molar-refractivity contribution in [3.8, 4) is 46.0 Å². The minimum atomic E-state index is -2.09. The van der Waals surface area contributed by atoms with Crippen LogP contribution >= 0.6 is 0 Å². The topological polar surface area (TPSA) is 295 Å². The van der Waals surface area contributed by atoms with Crippen LogP contribution in [0.2, 0.25) is 0 Å². The van der Waals surface area contributed by atoms with Crippen molar-refractivity contribution in [1.29, 1.82) is 0 Å². The van der Waals surface area contributed by atoms with E-state index >= 15 is 0 Å². The largest absolute Gasteiger partial charge is 1.00 e. The van der Waals surface area contributed by atoms with Gasteiger partial charge in [0.05, 0.1) is 23.4 Å². The number of ether oxygens (including phenoxy) is 2. The number of benzene rings is 4. The van der Waals surface area contributed by atoms with E-state index in [4.69, 9.17) is 9.47 Å². The van der Waals surface area contributed by atoms with E-state index in [1.165, 1.54) is 18.2 Å². The Morgan fingerprint density at radius 2 is 1.04 bits per heavy atom. The molecule has 0 saturated heterocycles. The van der Waals surface area contributed by atoms with Gasteiger partial charge in [-0.15, -0.1) is 0 Å². The average Bonchev–Trinajstić information content (AvgIpc) is 3.08. The summed E-state index contributed by atoms with van der Waals surface area (Å²) in [5, 5.41) is 104. The molecule has 0 unspecified atom stereocenters. The number of phenolic OH excluding ortho intramolecular Hbond substituents is 8. The predicted octanol–water partition coefficient (Wildman–Crippen LogP) is -2.71. The number of carboxylic acid groups (broad SMARTS) is 2. The molecule has 270 valence electrons. The fourth-order valence-corrected chi connectivity index (χ4v) is 5.75. The van der Waals surface area contributed by atoms with Crippen LogP contribution in [0.1, 0.15) is 33.7 Å². The van der Waals surface area contributed by atoms with Crippen LogP contribution in [0, 0.1) is 5.92 Å². The van der Waals surface area contributed by atoms with Crippen molar-refractivity contribution >= 4 is 30.0 Å². The number of hydrogen-bond donors (Lipinski definition) is 8. The Kier molecular flexibility index (Phi) is 12.0. The number of aromatic hydroxyl groups is 8. The van der Waals surface area contributed by atoms with Crippen molar-refractivity contribution in [2.75, 3.05) is 0 Å². The summed E-state index contributed by atoms with van der Waals surface area (Å²) in [5.74, 6) is -15.1. The number of aliphatic carboxylic acids is 2. The Bertz CT molecular complexity index is 2130. The standard InChI is InChI=1S/C36H30O16.Na/c37-21-4-1-15(7-24(21)40)9-29(33(45)46)51-35(49)20-11-18-13-27(43)28(44)14-19(18)31(17-3-6-23(39)26(42)12-17)32(20)36(50)52-30(34(47)48)10-16-2-5-22(38)25(41)8-16;/h1-8,11-14,29-32,37-44H,9-10H2,(H,45,46)(H,47,48);/q;+1/p-2/t29-,30-,31-,32-;/m1./s1. The van der Waals surface area contributed by atoms with Crippen LogP contribution in [0.4, 0.5) is 0 Å². The van der Waals surface area contributed by atoms with Gasteiger partial charge in [0.2, 0.25) is 0 Å². The molecule has 17 heteroatoms. The number of hydrogen-bond acceptors (Lipinski definition) is 16. The third kappa shape index (κ3) is 8.69. The van der Waals surface area contributed by atoms with Crippen LogP contribution in [0.5, 0.6) is 46.0 Å². The summed E-state index contributed by atoms with van der Waals surface area (Å²) >= 11 is 0. The van der Waals surface area contributed by atoms with E-state index in [0.29, 0.717) is 0 Å². The van der Waals surface area contributed by atoms with E-state index in [2.05, 4.69) is 0 Å². The summed E-state index contributed by atoms with van der Waals surface area (Å²) < 4.78 is 10.6. The van der Waals surface area contributed by atoms with Gasteiger partial charge in [0.15, 0.2) is 46.0 Å². The van der Waals surface area contributed by atoms with Gasteiger partial charge in [0.1, 0.15) is 12.2 Å². The molecule has 1 aliphatic rings. The van der Waals surface area contributed by atoms with Gasteiger partial charge >= 0.3 is 41.5 Å². The van der Waals surface area contributed by atoms with Gasteiger partial charge in [-0.05, 0) is 82.4 Å². The molecule has 16 nitrogen and oxygen atoms in total. The Morgan fingerprint density at radius 1 is 0.585 bits per heavy atom. The van der Waals surface area contributed by atoms with Gasteiger partial charge in [-0.3, -0.25) is 4.79 Å². The summed E-state index contributed by atoms with van der Waals surface area (Å²) in [4.78, 5) is 52.4. The third-order valence-electron chi connectivity index (χ3n) is 8.30. The van der Waals surface area contributed by atoms with Crippen molar-refractivity contribution in [2.45, 2.75) is 31.0 Å². The molecule has 0 aliphatic heterocycles. The van der Waals surface area contributed by atoms with E-state index in [-0.39, 0.29) is 57.4 Å². The fraction of sp³-hybridized carbons (Fsp3) is 0.167. The van der Waals surface area contributed by atoms with Gasteiger partial charge < -0.3 is 70.1 Å². The molecule has 0 bridgehead atoms. The first-order valence-electron chi connectivity index (χ1n) is 15.2. The third-order valence-corrected chi connectivity index (χ3v) is 8.30. The van der Waals surface area contributed by atoms with Crippen LogP contribution in [0.3, 0.4) is 0 Å². The molecular weight excluding hydrogens is 711 g/mol. The molecule has 0 heterocycles. The second kappa shape index (κ2) is 16.1. The van der Waals surface area contributed by atoms with E-state index in [9.17, 15) is 70.2 Å². The smallest absolute Gasteiger partial charge is 0.546 e. The number of fused-ring (bicyclic) bond motifs is 1. The van der Waals surface area contributed by atoms with Gasteiger partial charge in [-0.25, -0.2) is 4.79 Å². The quantitative estimate of drug-likeness (QED) is 0.0441. The Hall–Kier alpha value is -6.10. The van der Waals surface area contributed by atoms with Gasteiger partial charge in [0.25, 0.3) is 0 Å². The number of carbonyl (C=O) groups excluding carboxylic acids is 4. The average molecular weight is 740 g/mol. The zero-order chi connectivity index (χ0) is 38.0. The zero-order valence-corrected chi connectivity index (χ0v) is 29.5. The molecule has 0 aromatic heterocycles. The van der Waals surface area contributed by atoms with Crippen molar-refractivity contribution in [1.82, 2.24) is 0 Å². The van der Waals surface area contributed by atoms with E-state index in [1.54, 1.807) is 0 Å². The molecular formula is C36H28NaO16-. The van der Waals surface area contributed by atoms with E-state index < -0.39 is 112 Å². The van der Waals surface area contributed by atoms with Crippen molar-refractivity contribution in [2.24, 2.45) is 5.92 Å². The van der Waals surface area contributed by atoms with Gasteiger partial charge in [0, 0.05) is 18.8 Å². The van der Waals surface area contributed by atoms with Crippen LogP contribution in [-0.4, -0.2) is 76.9 Å². The molecule has 4 aromatic rings. The molecule has 4 aromatic carbocycles. The molecule has 0 saturated carbocycles. The van der Waals surface area contributed by atoms with E-state index in [0.717, 1.165) is 54.6 Å². The fourth-order valence-electron chi connectivity index (χ4n) is 5.75. The monoisotopic (exact) mass is 739 g/mol. The van der Waals surface area contributed by atoms with Gasteiger partial charge in [-0.1, -0.05) is 18.2 Å². The Balaban J connectivity index is 0.00000627. The SMILES string of the molecule is O=C(O[C@H](Cc1ccc(O)c(O)c1)C(=O)[O-])C1=Cc2cc(O)c(O)cc2[C@@H](c2ccc(O)c(O)c2)[C@@H]1C(=O)O[C@H](Cc1ccc(O)c(O)c1)C(=O)[O-].[Na+]. The summed E-state index contributed by atoms with van der Waals surface area (Å²) in [7, 11) is 0. The first kappa shape index (κ1) is 39.7. The minimum absolute atomic E-state index is 0. The second-order valence-corrected chi connectivity index (χ2v) is 11.8. The maximum atomic E-state index is 14.2. The summed E-state index contributed by atoms with van der Waals surface area (Å²) in [5.41, 5.74) is -0.535. The summed E-state index contributed by atoms with van der Waals surface area (Å²) in [6.45, 7) is 0. The summed E-state index contributed by atoms with van der Waals surface area (Å²) in [6, 6.07) is 11.8. The minimum Gasteiger partial charge on any atom is -0.546 e. The number of carboxylic acids is 2. The van der Waals surface area contributed by atoms with Crippen molar-refractivity contribution < 1.29 is 109 Å². The molecule has 8 N–H and O–H groups in total. The van der Waals surface area contributed by atoms with Crippen molar-refractivity contribution in [3.63, 3.8) is 0 Å². The van der Waals surface area contributed by atoms with Crippen LogP contribution < -0.4 is 39.8 Å². The molecule has 1 aliphatic carbocycles. The molecule has 4 atom stereocenters. The zero-order valence-electron chi connectivity index (χ0n) is 27.5. The number of phenols is 8. The van der Waals surface area contributed by atoms with Crippen LogP contribution in [-0.2, 0) is 41.5 Å². The Labute approximate surface area is 321 Å². The number of carbonyl (C=O) groups is 4.